The van der Waals surface area contributed by atoms with Gasteiger partial charge in [-0.25, -0.2) is 4.98 Å². The van der Waals surface area contributed by atoms with Crippen LogP contribution in [0.4, 0.5) is 5.69 Å². The summed E-state index contributed by atoms with van der Waals surface area (Å²) >= 11 is 12.0. The second kappa shape index (κ2) is 7.54. The molecular formula is C21H14Cl2N2O3. The number of methoxy groups -OCH3 is 1. The first-order chi connectivity index (χ1) is 13.5. The van der Waals surface area contributed by atoms with E-state index in [0.717, 1.165) is 5.56 Å². The molecule has 0 atom stereocenters. The van der Waals surface area contributed by atoms with E-state index in [1.807, 2.05) is 12.1 Å². The van der Waals surface area contributed by atoms with Crippen LogP contribution < -0.4 is 10.1 Å². The normalized spacial score (nSPS) is 10.8. The number of nitrogens with one attached hydrogen (secondary N) is 1. The summed E-state index contributed by atoms with van der Waals surface area (Å²) in [5.74, 6) is 0.545. The molecule has 1 amide bonds. The van der Waals surface area contributed by atoms with E-state index in [1.54, 1.807) is 48.5 Å². The number of nitrogens with zero attached hydrogens (tertiary/aromatic N) is 1. The maximum absolute atomic E-state index is 12.7. The highest BCUT2D eigenvalue weighted by Gasteiger charge is 2.14. The molecule has 0 aliphatic rings. The van der Waals surface area contributed by atoms with Gasteiger partial charge in [0.25, 0.3) is 5.91 Å². The van der Waals surface area contributed by atoms with Crippen molar-refractivity contribution in [2.24, 2.45) is 0 Å². The molecule has 0 spiro atoms. The summed E-state index contributed by atoms with van der Waals surface area (Å²) in [6, 6.07) is 17.3. The summed E-state index contributed by atoms with van der Waals surface area (Å²) in [6.45, 7) is 0. The van der Waals surface area contributed by atoms with Gasteiger partial charge in [-0.2, -0.15) is 0 Å². The Balaban J connectivity index is 1.63. The van der Waals surface area contributed by atoms with E-state index in [2.05, 4.69) is 10.3 Å². The topological polar surface area (TPSA) is 64.4 Å². The van der Waals surface area contributed by atoms with Gasteiger partial charge in [0.15, 0.2) is 5.58 Å². The lowest BCUT2D eigenvalue weighted by Crippen LogP contribution is -2.13. The molecule has 0 aliphatic heterocycles. The SMILES string of the molecule is COc1ccc(Cl)cc1C(=O)Nc1cccc(-c2nc3cc(Cl)ccc3o2)c1. The van der Waals surface area contributed by atoms with Crippen LogP contribution in [-0.4, -0.2) is 18.0 Å². The van der Waals surface area contributed by atoms with Crippen molar-refractivity contribution in [2.75, 3.05) is 12.4 Å². The minimum atomic E-state index is -0.333. The highest BCUT2D eigenvalue weighted by molar-refractivity contribution is 6.31. The van der Waals surface area contributed by atoms with Crippen molar-refractivity contribution < 1.29 is 13.9 Å². The second-order valence-electron chi connectivity index (χ2n) is 6.01. The van der Waals surface area contributed by atoms with Gasteiger partial charge in [0.1, 0.15) is 11.3 Å². The number of benzene rings is 3. The van der Waals surface area contributed by atoms with Crippen LogP contribution in [0.5, 0.6) is 5.75 Å². The van der Waals surface area contributed by atoms with Crippen molar-refractivity contribution in [1.29, 1.82) is 0 Å². The predicted molar refractivity (Wildman–Crippen MR) is 110 cm³/mol. The molecule has 3 aromatic carbocycles. The van der Waals surface area contributed by atoms with Crippen LogP contribution in [0.1, 0.15) is 10.4 Å². The smallest absolute Gasteiger partial charge is 0.259 e. The standard InChI is InChI=1S/C21H14Cl2N2O3/c1-27-18-7-5-13(22)10-16(18)20(26)24-15-4-2-3-12(9-15)21-25-17-11-14(23)6-8-19(17)28-21/h2-11H,1H3,(H,24,26). The molecule has 1 aromatic heterocycles. The Labute approximate surface area is 170 Å². The number of ether oxygens (including phenoxy) is 1. The lowest BCUT2D eigenvalue weighted by Gasteiger charge is -2.10. The average molecular weight is 413 g/mol. The third kappa shape index (κ3) is 3.67. The molecule has 28 heavy (non-hydrogen) atoms. The Morgan fingerprint density at radius 1 is 1.04 bits per heavy atom. The highest BCUT2D eigenvalue weighted by atomic mass is 35.5. The fraction of sp³-hybridized carbons (Fsp3) is 0.0476. The first kappa shape index (κ1) is 18.3. The number of carbonyl (C=O) groups is 1. The van der Waals surface area contributed by atoms with Crippen LogP contribution >= 0.6 is 23.2 Å². The molecule has 4 rings (SSSR count). The lowest BCUT2D eigenvalue weighted by molar-refractivity contribution is 0.102. The number of aromatic nitrogens is 1. The first-order valence-electron chi connectivity index (χ1n) is 8.35. The van der Waals surface area contributed by atoms with E-state index in [9.17, 15) is 4.79 Å². The molecule has 0 aliphatic carbocycles. The van der Waals surface area contributed by atoms with E-state index >= 15 is 0 Å². The largest absolute Gasteiger partial charge is 0.496 e. The third-order valence-electron chi connectivity index (χ3n) is 4.12. The van der Waals surface area contributed by atoms with E-state index in [1.165, 1.54) is 7.11 Å². The van der Waals surface area contributed by atoms with Gasteiger partial charge >= 0.3 is 0 Å². The molecule has 0 radical (unpaired) electrons. The molecule has 4 aromatic rings. The van der Waals surface area contributed by atoms with E-state index in [0.29, 0.717) is 44.0 Å². The van der Waals surface area contributed by atoms with Crippen molar-refractivity contribution in [3.05, 3.63) is 76.3 Å². The lowest BCUT2D eigenvalue weighted by atomic mass is 10.1. The third-order valence-corrected chi connectivity index (χ3v) is 4.59. The number of hydrogen-bond acceptors (Lipinski definition) is 4. The summed E-state index contributed by atoms with van der Waals surface area (Å²) in [7, 11) is 1.50. The summed E-state index contributed by atoms with van der Waals surface area (Å²) in [5.41, 5.74) is 2.96. The Bertz CT molecular complexity index is 1190. The number of carbonyl (C=O) groups excluding carboxylic acids is 1. The van der Waals surface area contributed by atoms with Crippen molar-refractivity contribution >= 4 is 45.9 Å². The Hall–Kier alpha value is -3.02. The summed E-state index contributed by atoms with van der Waals surface area (Å²) < 4.78 is 11.0. The summed E-state index contributed by atoms with van der Waals surface area (Å²) in [4.78, 5) is 17.1. The van der Waals surface area contributed by atoms with Gasteiger partial charge < -0.3 is 14.5 Å². The molecule has 1 heterocycles. The van der Waals surface area contributed by atoms with Gasteiger partial charge in [-0.15, -0.1) is 0 Å². The van der Waals surface area contributed by atoms with Gasteiger partial charge in [0.2, 0.25) is 5.89 Å². The van der Waals surface area contributed by atoms with Crippen LogP contribution in [0.2, 0.25) is 10.0 Å². The number of fused-ring (bicyclic) bond motifs is 1. The molecule has 7 heteroatoms. The first-order valence-corrected chi connectivity index (χ1v) is 9.10. The fourth-order valence-electron chi connectivity index (χ4n) is 2.81. The monoisotopic (exact) mass is 412 g/mol. The molecule has 0 fully saturated rings. The van der Waals surface area contributed by atoms with Gasteiger partial charge in [0, 0.05) is 21.3 Å². The second-order valence-corrected chi connectivity index (χ2v) is 6.88. The van der Waals surface area contributed by atoms with Crippen molar-refractivity contribution in [2.45, 2.75) is 0 Å². The average Bonchev–Trinajstić information content (AvgIpc) is 3.11. The van der Waals surface area contributed by atoms with Gasteiger partial charge in [-0.05, 0) is 54.6 Å². The van der Waals surface area contributed by atoms with E-state index in [4.69, 9.17) is 32.4 Å². The molecule has 0 unspecified atom stereocenters. The quantitative estimate of drug-likeness (QED) is 0.442. The molecule has 0 bridgehead atoms. The Kier molecular flexibility index (Phi) is 4.94. The van der Waals surface area contributed by atoms with Crippen LogP contribution in [0.25, 0.3) is 22.6 Å². The van der Waals surface area contributed by atoms with Crippen molar-refractivity contribution in [3.63, 3.8) is 0 Å². The van der Waals surface area contributed by atoms with Gasteiger partial charge in [0.05, 0.1) is 12.7 Å². The number of rotatable bonds is 4. The molecule has 1 N–H and O–H groups in total. The zero-order valence-electron chi connectivity index (χ0n) is 14.7. The predicted octanol–water partition coefficient (Wildman–Crippen LogP) is 6.06. The molecule has 0 saturated heterocycles. The number of hydrogen-bond donors (Lipinski definition) is 1. The van der Waals surface area contributed by atoms with Crippen molar-refractivity contribution in [1.82, 2.24) is 4.98 Å². The highest BCUT2D eigenvalue weighted by Crippen LogP contribution is 2.28. The zero-order chi connectivity index (χ0) is 19.7. The minimum Gasteiger partial charge on any atom is -0.496 e. The fourth-order valence-corrected chi connectivity index (χ4v) is 3.15. The summed E-state index contributed by atoms with van der Waals surface area (Å²) in [6.07, 6.45) is 0. The van der Waals surface area contributed by atoms with E-state index < -0.39 is 0 Å². The van der Waals surface area contributed by atoms with Crippen LogP contribution in [0.3, 0.4) is 0 Å². The molecule has 5 nitrogen and oxygen atoms in total. The molecule has 140 valence electrons. The van der Waals surface area contributed by atoms with Crippen molar-refractivity contribution in [3.8, 4) is 17.2 Å². The minimum absolute atomic E-state index is 0.333. The van der Waals surface area contributed by atoms with Crippen LogP contribution in [0.15, 0.2) is 65.1 Å². The Morgan fingerprint density at radius 3 is 2.64 bits per heavy atom. The maximum Gasteiger partial charge on any atom is 0.259 e. The molecule has 0 saturated carbocycles. The number of halogens is 2. The molecular weight excluding hydrogens is 399 g/mol. The van der Waals surface area contributed by atoms with Crippen LogP contribution in [-0.2, 0) is 0 Å². The summed E-state index contributed by atoms with van der Waals surface area (Å²) in [5, 5.41) is 3.88. The number of anilines is 1. The maximum atomic E-state index is 12.7. The van der Waals surface area contributed by atoms with Gasteiger partial charge in [-0.1, -0.05) is 29.3 Å². The van der Waals surface area contributed by atoms with Gasteiger partial charge in [-0.3, -0.25) is 4.79 Å². The zero-order valence-corrected chi connectivity index (χ0v) is 16.2. The Morgan fingerprint density at radius 2 is 1.82 bits per heavy atom. The number of oxazole rings is 1. The van der Waals surface area contributed by atoms with E-state index in [-0.39, 0.29) is 5.91 Å². The number of amides is 1. The van der Waals surface area contributed by atoms with Crippen LogP contribution in [0, 0.1) is 0 Å².